The Labute approximate surface area is 292 Å². The van der Waals surface area contributed by atoms with Crippen LogP contribution in [0.15, 0.2) is 54.6 Å². The molecule has 0 saturated carbocycles. The summed E-state index contributed by atoms with van der Waals surface area (Å²) in [5.41, 5.74) is 5.81. The van der Waals surface area contributed by atoms with Gasteiger partial charge in [-0.1, -0.05) is 54.1 Å². The number of likely N-dealkylation sites (tertiary alicyclic amines) is 1. The number of hydrogen-bond acceptors (Lipinski definition) is 7. The van der Waals surface area contributed by atoms with Crippen molar-refractivity contribution in [3.63, 3.8) is 0 Å². The van der Waals surface area contributed by atoms with Gasteiger partial charge < -0.3 is 30.9 Å². The van der Waals surface area contributed by atoms with E-state index in [9.17, 15) is 37.5 Å². The van der Waals surface area contributed by atoms with Crippen LogP contribution in [-0.2, 0) is 41.6 Å². The zero-order valence-electron chi connectivity index (χ0n) is 27.9. The molecular formula is C34H42ClF3N4O8. The molecule has 2 aromatic rings. The van der Waals surface area contributed by atoms with Crippen LogP contribution in [0.4, 0.5) is 13.2 Å². The molecule has 3 amide bonds. The van der Waals surface area contributed by atoms with Crippen molar-refractivity contribution < 1.29 is 52.1 Å². The highest BCUT2D eigenvalue weighted by molar-refractivity contribution is 6.30. The number of aliphatic carboxylic acids is 2. The van der Waals surface area contributed by atoms with Crippen LogP contribution < -0.4 is 11.1 Å². The second-order valence-electron chi connectivity index (χ2n) is 13.0. The number of carboxylic acids is 2. The molecule has 2 saturated heterocycles. The quantitative estimate of drug-likeness (QED) is 0.285. The van der Waals surface area contributed by atoms with E-state index in [1.54, 1.807) is 37.8 Å². The lowest BCUT2D eigenvalue weighted by Crippen LogP contribution is -2.65. The van der Waals surface area contributed by atoms with Gasteiger partial charge in [0, 0.05) is 18.1 Å². The van der Waals surface area contributed by atoms with Crippen LogP contribution in [0.1, 0.15) is 51.2 Å². The van der Waals surface area contributed by atoms with Gasteiger partial charge in [0.1, 0.15) is 11.8 Å². The van der Waals surface area contributed by atoms with E-state index in [4.69, 9.17) is 32.0 Å². The van der Waals surface area contributed by atoms with Crippen LogP contribution in [-0.4, -0.2) is 98.9 Å². The summed E-state index contributed by atoms with van der Waals surface area (Å²) in [7, 11) is 0. The average molecular weight is 727 g/mol. The summed E-state index contributed by atoms with van der Waals surface area (Å²) in [6.07, 6.45) is -3.52. The van der Waals surface area contributed by atoms with Crippen LogP contribution in [0.5, 0.6) is 0 Å². The first-order valence-electron chi connectivity index (χ1n) is 15.9. The number of alkyl halides is 3. The van der Waals surface area contributed by atoms with Gasteiger partial charge in [0.05, 0.1) is 30.5 Å². The van der Waals surface area contributed by atoms with Gasteiger partial charge in [0.15, 0.2) is 0 Å². The fraction of sp³-hybridized carbons (Fsp3) is 0.500. The molecule has 2 aromatic carbocycles. The second kappa shape index (κ2) is 16.7. The fourth-order valence-corrected chi connectivity index (χ4v) is 6.32. The Morgan fingerprint density at radius 3 is 2.16 bits per heavy atom. The van der Waals surface area contributed by atoms with Crippen LogP contribution in [0.25, 0.3) is 0 Å². The highest BCUT2D eigenvalue weighted by Gasteiger charge is 2.50. The number of carbonyl (C=O) groups is 5. The largest absolute Gasteiger partial charge is 0.490 e. The maximum atomic E-state index is 14.0. The number of halogens is 4. The van der Waals surface area contributed by atoms with Crippen molar-refractivity contribution >= 4 is 41.3 Å². The Morgan fingerprint density at radius 2 is 1.62 bits per heavy atom. The molecular weight excluding hydrogens is 685 g/mol. The highest BCUT2D eigenvalue weighted by Crippen LogP contribution is 2.32. The molecule has 50 heavy (non-hydrogen) atoms. The number of carboxylic acid groups (broad SMARTS) is 2. The summed E-state index contributed by atoms with van der Waals surface area (Å²) in [4.78, 5) is 64.7. The monoisotopic (exact) mass is 726 g/mol. The highest BCUT2D eigenvalue weighted by atomic mass is 35.5. The number of hydrogen-bond donors (Lipinski definition) is 4. The standard InChI is InChI=1S/C32H41ClN4O6.C2HF3O2/c1-21(34)29(41)37-26(19-43-31(37,2)3)28(40)35-32(18-23-10-12-25(33)13-11-23)14-7-15-36(20-32)30(42)24(17-27(38)39)16-22-8-5-4-6-9-22;3-2(4,5)1(6)7/h4-6,8-13,21,24,26H,7,14-20,34H2,1-3H3,(H,35,40)(H,38,39);(H,6,7)/t21?,24?,26-,32+;/m0./s1. The third kappa shape index (κ3) is 10.9. The molecule has 0 spiro atoms. The number of nitrogens with one attached hydrogen (secondary N) is 1. The summed E-state index contributed by atoms with van der Waals surface area (Å²) in [6, 6.07) is 14.9. The van der Waals surface area contributed by atoms with E-state index in [-0.39, 0.29) is 25.5 Å². The molecule has 0 radical (unpaired) electrons. The van der Waals surface area contributed by atoms with Crippen LogP contribution in [0.2, 0.25) is 5.02 Å². The number of rotatable bonds is 10. The lowest BCUT2D eigenvalue weighted by molar-refractivity contribution is -0.192. The number of carbonyl (C=O) groups excluding carboxylic acids is 3. The predicted molar refractivity (Wildman–Crippen MR) is 176 cm³/mol. The van der Waals surface area contributed by atoms with Gasteiger partial charge >= 0.3 is 18.1 Å². The molecule has 0 aromatic heterocycles. The van der Waals surface area contributed by atoms with E-state index < -0.39 is 59.2 Å². The zero-order valence-corrected chi connectivity index (χ0v) is 28.7. The second-order valence-corrected chi connectivity index (χ2v) is 13.4. The number of piperidine rings is 1. The third-order valence-electron chi connectivity index (χ3n) is 8.49. The summed E-state index contributed by atoms with van der Waals surface area (Å²) in [6.45, 7) is 5.65. The normalized spacial score (nSPS) is 21.3. The molecule has 16 heteroatoms. The Kier molecular flexibility index (Phi) is 13.4. The van der Waals surface area contributed by atoms with Gasteiger partial charge in [0.2, 0.25) is 17.7 Å². The van der Waals surface area contributed by atoms with Crippen molar-refractivity contribution in [3.8, 4) is 0 Å². The fourth-order valence-electron chi connectivity index (χ4n) is 6.20. The van der Waals surface area contributed by atoms with Crippen molar-refractivity contribution in [1.82, 2.24) is 15.1 Å². The first kappa shape index (κ1) is 40.2. The average Bonchev–Trinajstić information content (AvgIpc) is 3.36. The van der Waals surface area contributed by atoms with Gasteiger partial charge in [-0.05, 0) is 69.7 Å². The molecule has 4 atom stereocenters. The number of nitrogens with two attached hydrogens (primary N) is 1. The smallest absolute Gasteiger partial charge is 0.481 e. The number of amides is 3. The van der Waals surface area contributed by atoms with E-state index in [0.717, 1.165) is 11.1 Å². The summed E-state index contributed by atoms with van der Waals surface area (Å²) >= 11 is 6.13. The Morgan fingerprint density at radius 1 is 1.02 bits per heavy atom. The molecule has 2 aliphatic rings. The Hall–Kier alpha value is -4.21. The van der Waals surface area contributed by atoms with Crippen molar-refractivity contribution in [2.45, 2.75) is 82.4 Å². The predicted octanol–water partition coefficient (Wildman–Crippen LogP) is 3.64. The lowest BCUT2D eigenvalue weighted by Gasteiger charge is -2.45. The van der Waals surface area contributed by atoms with Gasteiger partial charge in [-0.15, -0.1) is 0 Å². The van der Waals surface area contributed by atoms with Gasteiger partial charge in [0.25, 0.3) is 0 Å². The van der Waals surface area contributed by atoms with E-state index in [1.807, 2.05) is 42.5 Å². The minimum atomic E-state index is -5.08. The molecule has 0 bridgehead atoms. The molecule has 2 heterocycles. The van der Waals surface area contributed by atoms with Gasteiger partial charge in [-0.2, -0.15) is 13.2 Å². The minimum absolute atomic E-state index is 0.00866. The molecule has 274 valence electrons. The van der Waals surface area contributed by atoms with Crippen molar-refractivity contribution in [1.29, 1.82) is 0 Å². The van der Waals surface area contributed by atoms with E-state index in [2.05, 4.69) is 5.32 Å². The van der Waals surface area contributed by atoms with Crippen molar-refractivity contribution in [2.75, 3.05) is 19.7 Å². The number of benzene rings is 2. The van der Waals surface area contributed by atoms with E-state index >= 15 is 0 Å². The minimum Gasteiger partial charge on any atom is -0.481 e. The van der Waals surface area contributed by atoms with Crippen LogP contribution >= 0.6 is 11.6 Å². The summed E-state index contributed by atoms with van der Waals surface area (Å²) < 4.78 is 37.6. The summed E-state index contributed by atoms with van der Waals surface area (Å²) in [5, 5.41) is 20.5. The molecule has 5 N–H and O–H groups in total. The topological polar surface area (TPSA) is 180 Å². The van der Waals surface area contributed by atoms with E-state index in [1.165, 1.54) is 4.90 Å². The Balaban J connectivity index is 0.000000872. The SMILES string of the molecule is CC(N)C(=O)N1[C@H](C(=O)N[C@@]2(Cc3ccc(Cl)cc3)CCCN(C(=O)C(CC(=O)O)Cc3ccccc3)C2)COC1(C)C.O=C(O)C(F)(F)F. The van der Waals surface area contributed by atoms with E-state index in [0.29, 0.717) is 37.3 Å². The molecule has 4 rings (SSSR count). The maximum absolute atomic E-state index is 14.0. The first-order chi connectivity index (χ1) is 23.2. The number of ether oxygens (including phenoxy) is 1. The molecule has 0 aliphatic carbocycles. The van der Waals surface area contributed by atoms with Crippen LogP contribution in [0, 0.1) is 5.92 Å². The van der Waals surface area contributed by atoms with Crippen molar-refractivity contribution in [3.05, 3.63) is 70.7 Å². The zero-order chi connectivity index (χ0) is 37.4. The first-order valence-corrected chi connectivity index (χ1v) is 16.3. The molecule has 12 nitrogen and oxygen atoms in total. The number of nitrogens with zero attached hydrogens (tertiary/aromatic N) is 2. The molecule has 2 unspecified atom stereocenters. The third-order valence-corrected chi connectivity index (χ3v) is 8.74. The lowest BCUT2D eigenvalue weighted by atomic mass is 9.81. The van der Waals surface area contributed by atoms with Gasteiger partial charge in [-0.25, -0.2) is 4.79 Å². The van der Waals surface area contributed by atoms with Crippen molar-refractivity contribution in [2.24, 2.45) is 11.7 Å². The molecule has 2 fully saturated rings. The molecule has 2 aliphatic heterocycles. The Bertz CT molecular complexity index is 1520. The van der Waals surface area contributed by atoms with Crippen LogP contribution in [0.3, 0.4) is 0 Å². The van der Waals surface area contributed by atoms with Gasteiger partial charge in [-0.3, -0.25) is 24.1 Å². The maximum Gasteiger partial charge on any atom is 0.490 e. The summed E-state index contributed by atoms with van der Waals surface area (Å²) in [5.74, 6) is -5.62.